The van der Waals surface area contributed by atoms with Crippen LogP contribution in [0.1, 0.15) is 21.7 Å². The van der Waals surface area contributed by atoms with Crippen LogP contribution < -0.4 is 5.32 Å². The van der Waals surface area contributed by atoms with E-state index in [0.29, 0.717) is 9.80 Å². The Morgan fingerprint density at radius 3 is 2.73 bits per heavy atom. The number of hydrogen-bond donors (Lipinski definition) is 1. The van der Waals surface area contributed by atoms with Crippen molar-refractivity contribution in [3.8, 4) is 11.3 Å². The molecule has 2 heterocycles. The Morgan fingerprint density at radius 2 is 2.05 bits per heavy atom. The van der Waals surface area contributed by atoms with Crippen molar-refractivity contribution in [2.24, 2.45) is 0 Å². The van der Waals surface area contributed by atoms with Gasteiger partial charge in [-0.3, -0.25) is 10.1 Å². The van der Waals surface area contributed by atoms with Crippen LogP contribution in [0.25, 0.3) is 11.3 Å². The Kier molecular flexibility index (Phi) is 4.13. The molecule has 0 aliphatic carbocycles. The summed E-state index contributed by atoms with van der Waals surface area (Å²) >= 11 is 4.56. The first-order chi connectivity index (χ1) is 10.5. The number of hydrogen-bond acceptors (Lipinski definition) is 4. The van der Waals surface area contributed by atoms with Crippen LogP contribution in [0.15, 0.2) is 44.8 Å². The first kappa shape index (κ1) is 15.0. The maximum atomic E-state index is 12.0. The Bertz CT molecular complexity index is 838. The van der Waals surface area contributed by atoms with E-state index in [0.717, 1.165) is 11.3 Å². The Morgan fingerprint density at radius 1 is 1.23 bits per heavy atom. The molecule has 0 saturated carbocycles. The molecule has 0 bridgehead atoms. The standard InChI is InChI=1S/C16H13BrN2O2S/c1-9-3-4-11(7-10(9)2)12-8-22-16(18-12)19-15(20)13-5-6-14(17)21-13/h3-8H,1-2H3,(H,18,19,20). The summed E-state index contributed by atoms with van der Waals surface area (Å²) in [6.07, 6.45) is 0. The lowest BCUT2D eigenvalue weighted by Gasteiger charge is -2.02. The molecule has 4 nitrogen and oxygen atoms in total. The maximum Gasteiger partial charge on any atom is 0.293 e. The number of carbonyl (C=O) groups excluding carboxylic acids is 1. The lowest BCUT2D eigenvalue weighted by molar-refractivity contribution is 0.0995. The molecule has 3 rings (SSSR count). The first-order valence-electron chi connectivity index (χ1n) is 6.63. The highest BCUT2D eigenvalue weighted by molar-refractivity contribution is 9.10. The topological polar surface area (TPSA) is 55.1 Å². The minimum Gasteiger partial charge on any atom is -0.444 e. The minimum atomic E-state index is -0.313. The first-order valence-corrected chi connectivity index (χ1v) is 8.30. The number of carbonyl (C=O) groups is 1. The Balaban J connectivity index is 1.78. The van der Waals surface area contributed by atoms with Gasteiger partial charge >= 0.3 is 0 Å². The van der Waals surface area contributed by atoms with Gasteiger partial charge < -0.3 is 4.42 Å². The number of anilines is 1. The normalized spacial score (nSPS) is 10.7. The zero-order valence-corrected chi connectivity index (χ0v) is 14.4. The van der Waals surface area contributed by atoms with Crippen molar-refractivity contribution in [3.63, 3.8) is 0 Å². The lowest BCUT2D eigenvalue weighted by Crippen LogP contribution is -2.10. The van der Waals surface area contributed by atoms with Crippen LogP contribution in [-0.2, 0) is 0 Å². The molecule has 3 aromatic rings. The van der Waals surface area contributed by atoms with Gasteiger partial charge in [-0.15, -0.1) is 11.3 Å². The molecule has 1 N–H and O–H groups in total. The van der Waals surface area contributed by atoms with Crippen LogP contribution in [0.4, 0.5) is 5.13 Å². The highest BCUT2D eigenvalue weighted by Crippen LogP contribution is 2.27. The fraction of sp³-hybridized carbons (Fsp3) is 0.125. The van der Waals surface area contributed by atoms with Crippen LogP contribution >= 0.6 is 27.3 Å². The van der Waals surface area contributed by atoms with Crippen molar-refractivity contribution in [2.45, 2.75) is 13.8 Å². The number of aromatic nitrogens is 1. The van der Waals surface area contributed by atoms with E-state index in [1.807, 2.05) is 11.4 Å². The molecule has 22 heavy (non-hydrogen) atoms. The second-order valence-corrected chi connectivity index (χ2v) is 6.53. The number of nitrogens with one attached hydrogen (secondary N) is 1. The van der Waals surface area contributed by atoms with Gasteiger partial charge in [0.1, 0.15) is 0 Å². The van der Waals surface area contributed by atoms with Crippen molar-refractivity contribution < 1.29 is 9.21 Å². The van der Waals surface area contributed by atoms with Gasteiger partial charge in [0, 0.05) is 10.9 Å². The van der Waals surface area contributed by atoms with Crippen LogP contribution in [0.2, 0.25) is 0 Å². The molecule has 0 spiro atoms. The van der Waals surface area contributed by atoms with Gasteiger partial charge in [0.05, 0.1) is 5.69 Å². The summed E-state index contributed by atoms with van der Waals surface area (Å²) in [5, 5.41) is 5.22. The molecule has 112 valence electrons. The number of halogens is 1. The molecular formula is C16H13BrN2O2S. The monoisotopic (exact) mass is 376 g/mol. The number of aryl methyl sites for hydroxylation is 2. The summed E-state index contributed by atoms with van der Waals surface area (Å²) in [4.78, 5) is 16.5. The molecule has 0 saturated heterocycles. The molecule has 1 amide bonds. The fourth-order valence-corrected chi connectivity index (χ4v) is 2.98. The van der Waals surface area contributed by atoms with Gasteiger partial charge in [-0.1, -0.05) is 12.1 Å². The largest absolute Gasteiger partial charge is 0.444 e. The van der Waals surface area contributed by atoms with E-state index >= 15 is 0 Å². The molecule has 6 heteroatoms. The summed E-state index contributed by atoms with van der Waals surface area (Å²) in [5.41, 5.74) is 4.36. The molecule has 0 aliphatic rings. The van der Waals surface area contributed by atoms with Gasteiger partial charge in [-0.05, 0) is 59.1 Å². The van der Waals surface area contributed by atoms with Crippen LogP contribution in [0.3, 0.4) is 0 Å². The smallest absolute Gasteiger partial charge is 0.293 e. The average molecular weight is 377 g/mol. The lowest BCUT2D eigenvalue weighted by atomic mass is 10.1. The third kappa shape index (κ3) is 3.13. The molecule has 2 aromatic heterocycles. The predicted octanol–water partition coefficient (Wildman–Crippen LogP) is 5.03. The number of nitrogens with zero attached hydrogens (tertiary/aromatic N) is 1. The number of rotatable bonds is 3. The summed E-state index contributed by atoms with van der Waals surface area (Å²) in [5.74, 6) is -0.0681. The molecule has 0 atom stereocenters. The van der Waals surface area contributed by atoms with Gasteiger partial charge in [0.25, 0.3) is 5.91 Å². The van der Waals surface area contributed by atoms with E-state index in [1.165, 1.54) is 22.5 Å². The molecule has 0 fully saturated rings. The summed E-state index contributed by atoms with van der Waals surface area (Å²) in [6.45, 7) is 4.15. The third-order valence-corrected chi connectivity index (χ3v) is 4.51. The fourth-order valence-electron chi connectivity index (χ4n) is 1.96. The Hall–Kier alpha value is -1.92. The second-order valence-electron chi connectivity index (χ2n) is 4.89. The van der Waals surface area contributed by atoms with Gasteiger partial charge in [-0.2, -0.15) is 0 Å². The molecule has 0 radical (unpaired) electrons. The number of benzene rings is 1. The van der Waals surface area contributed by atoms with Crippen molar-refractivity contribution in [2.75, 3.05) is 5.32 Å². The van der Waals surface area contributed by atoms with Crippen molar-refractivity contribution in [1.82, 2.24) is 4.98 Å². The van der Waals surface area contributed by atoms with Crippen LogP contribution in [0, 0.1) is 13.8 Å². The molecular weight excluding hydrogens is 364 g/mol. The van der Waals surface area contributed by atoms with Crippen molar-refractivity contribution in [1.29, 1.82) is 0 Å². The zero-order valence-electron chi connectivity index (χ0n) is 12.0. The summed E-state index contributed by atoms with van der Waals surface area (Å²) in [7, 11) is 0. The third-order valence-electron chi connectivity index (χ3n) is 3.32. The van der Waals surface area contributed by atoms with Crippen molar-refractivity contribution >= 4 is 38.3 Å². The highest BCUT2D eigenvalue weighted by Gasteiger charge is 2.13. The average Bonchev–Trinajstić information content (AvgIpc) is 3.11. The van der Waals surface area contributed by atoms with E-state index in [9.17, 15) is 4.79 Å². The second kappa shape index (κ2) is 6.06. The van der Waals surface area contributed by atoms with Gasteiger partial charge in [0.15, 0.2) is 15.6 Å². The molecule has 1 aromatic carbocycles. The number of furan rings is 1. The van der Waals surface area contributed by atoms with E-state index in [2.05, 4.69) is 52.2 Å². The summed E-state index contributed by atoms with van der Waals surface area (Å²) < 4.78 is 5.74. The maximum absolute atomic E-state index is 12.0. The number of amides is 1. The quantitative estimate of drug-likeness (QED) is 0.696. The molecule has 0 unspecified atom stereocenters. The molecule has 0 aliphatic heterocycles. The van der Waals surface area contributed by atoms with E-state index in [4.69, 9.17) is 4.42 Å². The van der Waals surface area contributed by atoms with Gasteiger partial charge in [0.2, 0.25) is 0 Å². The Labute approximate surface area is 140 Å². The van der Waals surface area contributed by atoms with Gasteiger partial charge in [-0.25, -0.2) is 4.98 Å². The zero-order chi connectivity index (χ0) is 15.7. The highest BCUT2D eigenvalue weighted by atomic mass is 79.9. The summed E-state index contributed by atoms with van der Waals surface area (Å²) in [6, 6.07) is 9.49. The minimum absolute atomic E-state index is 0.245. The van der Waals surface area contributed by atoms with Crippen LogP contribution in [-0.4, -0.2) is 10.9 Å². The van der Waals surface area contributed by atoms with E-state index < -0.39 is 0 Å². The number of thiazole rings is 1. The predicted molar refractivity (Wildman–Crippen MR) is 91.4 cm³/mol. The van der Waals surface area contributed by atoms with Crippen molar-refractivity contribution in [3.05, 3.63) is 57.3 Å². The SMILES string of the molecule is Cc1ccc(-c2csc(NC(=O)c3ccc(Br)o3)n2)cc1C. The van der Waals surface area contributed by atoms with E-state index in [-0.39, 0.29) is 11.7 Å². The van der Waals surface area contributed by atoms with Crippen LogP contribution in [0.5, 0.6) is 0 Å². The van der Waals surface area contributed by atoms with E-state index in [1.54, 1.807) is 12.1 Å².